The van der Waals surface area contributed by atoms with Crippen LogP contribution in [-0.2, 0) is 16.0 Å². The van der Waals surface area contributed by atoms with Gasteiger partial charge in [0.2, 0.25) is 5.91 Å². The largest absolute Gasteiger partial charge is 0.480 e. The van der Waals surface area contributed by atoms with Crippen molar-refractivity contribution in [3.63, 3.8) is 0 Å². The smallest absolute Gasteiger partial charge is 0.329 e. The van der Waals surface area contributed by atoms with E-state index in [2.05, 4.69) is 10.3 Å². The number of carbonyl (C=O) groups excluding carboxylic acids is 1. The second-order valence-corrected chi connectivity index (χ2v) is 4.58. The predicted molar refractivity (Wildman–Crippen MR) is 63.7 cm³/mol. The Morgan fingerprint density at radius 1 is 1.32 bits per heavy atom. The third-order valence-electron chi connectivity index (χ3n) is 3.16. The highest BCUT2D eigenvalue weighted by molar-refractivity contribution is 5.88. The Balaban J connectivity index is 2.07. The van der Waals surface area contributed by atoms with Crippen LogP contribution in [0.2, 0.25) is 0 Å². The van der Waals surface area contributed by atoms with Gasteiger partial charge in [0, 0.05) is 11.8 Å². The lowest BCUT2D eigenvalue weighted by molar-refractivity contribution is -0.151. The quantitative estimate of drug-likeness (QED) is 0.540. The summed E-state index contributed by atoms with van der Waals surface area (Å²) in [6.45, 7) is 0. The molecule has 1 aliphatic rings. The Morgan fingerprint density at radius 3 is 2.47 bits per heavy atom. The number of H-pyrrole nitrogens is 2. The molecule has 8 nitrogen and oxygen atoms in total. The monoisotopic (exact) mass is 267 g/mol. The summed E-state index contributed by atoms with van der Waals surface area (Å²) in [6.07, 6.45) is 1.28. The summed E-state index contributed by atoms with van der Waals surface area (Å²) < 4.78 is 0. The standard InChI is InChI=1S/C11H13N3O5/c15-7-4-6(12-10(19)13-7)5-8(16)14-11(9(17)18)2-1-3-11/h4H,1-3,5H2,(H,14,16)(H,17,18)(H2,12,13,15,19). The molecule has 0 bridgehead atoms. The van der Waals surface area contributed by atoms with Gasteiger partial charge in [0.05, 0.1) is 6.42 Å². The van der Waals surface area contributed by atoms with Gasteiger partial charge in [0.15, 0.2) is 0 Å². The Labute approximate surface area is 106 Å². The second-order valence-electron chi connectivity index (χ2n) is 4.58. The first kappa shape index (κ1) is 13.1. The van der Waals surface area contributed by atoms with Gasteiger partial charge in [-0.15, -0.1) is 0 Å². The lowest BCUT2D eigenvalue weighted by atomic mass is 9.76. The average molecular weight is 267 g/mol. The molecule has 1 amide bonds. The summed E-state index contributed by atoms with van der Waals surface area (Å²) >= 11 is 0. The molecule has 1 aromatic rings. The van der Waals surface area contributed by atoms with Crippen molar-refractivity contribution in [2.45, 2.75) is 31.2 Å². The summed E-state index contributed by atoms with van der Waals surface area (Å²) in [5, 5.41) is 11.5. The number of carboxylic acids is 1. The van der Waals surface area contributed by atoms with E-state index in [0.29, 0.717) is 12.8 Å². The van der Waals surface area contributed by atoms with E-state index in [-0.39, 0.29) is 12.1 Å². The minimum atomic E-state index is -1.20. The average Bonchev–Trinajstić information content (AvgIpc) is 2.21. The fraction of sp³-hybridized carbons (Fsp3) is 0.455. The van der Waals surface area contributed by atoms with Crippen LogP contribution in [0.15, 0.2) is 15.7 Å². The Kier molecular flexibility index (Phi) is 3.24. The van der Waals surface area contributed by atoms with Crippen molar-refractivity contribution >= 4 is 11.9 Å². The number of aliphatic carboxylic acids is 1. The maximum atomic E-state index is 11.7. The van der Waals surface area contributed by atoms with E-state index < -0.39 is 28.7 Å². The molecule has 0 aliphatic heterocycles. The molecule has 1 fully saturated rings. The summed E-state index contributed by atoms with van der Waals surface area (Å²) in [5.41, 5.74) is -2.36. The van der Waals surface area contributed by atoms with Gasteiger partial charge in [0.1, 0.15) is 5.54 Å². The van der Waals surface area contributed by atoms with E-state index in [1.807, 2.05) is 4.98 Å². The van der Waals surface area contributed by atoms with Gasteiger partial charge in [-0.3, -0.25) is 14.6 Å². The van der Waals surface area contributed by atoms with Gasteiger partial charge in [-0.25, -0.2) is 9.59 Å². The second kappa shape index (κ2) is 4.71. The van der Waals surface area contributed by atoms with Gasteiger partial charge in [0.25, 0.3) is 5.56 Å². The van der Waals surface area contributed by atoms with Gasteiger partial charge in [-0.2, -0.15) is 0 Å². The maximum Gasteiger partial charge on any atom is 0.329 e. The third kappa shape index (κ3) is 2.72. The SMILES string of the molecule is O=C(Cc1cc(=O)[nH]c(=O)[nH]1)NC1(C(=O)O)CCC1. The van der Waals surface area contributed by atoms with Crippen molar-refractivity contribution in [3.8, 4) is 0 Å². The highest BCUT2D eigenvalue weighted by Crippen LogP contribution is 2.31. The zero-order valence-corrected chi connectivity index (χ0v) is 9.99. The fourth-order valence-electron chi connectivity index (χ4n) is 2.02. The van der Waals surface area contributed by atoms with Crippen LogP contribution in [0.3, 0.4) is 0 Å². The summed E-state index contributed by atoms with van der Waals surface area (Å²) in [4.78, 5) is 49.2. The number of hydrogen-bond donors (Lipinski definition) is 4. The number of nitrogens with one attached hydrogen (secondary N) is 3. The van der Waals surface area contributed by atoms with Gasteiger partial charge >= 0.3 is 11.7 Å². The number of rotatable bonds is 4. The first-order valence-electron chi connectivity index (χ1n) is 5.78. The minimum absolute atomic E-state index is 0.145. The Morgan fingerprint density at radius 2 is 2.00 bits per heavy atom. The van der Waals surface area contributed by atoms with Crippen LogP contribution >= 0.6 is 0 Å². The summed E-state index contributed by atoms with van der Waals surface area (Å²) in [5.74, 6) is -1.60. The molecule has 8 heteroatoms. The maximum absolute atomic E-state index is 11.7. The number of hydrogen-bond acceptors (Lipinski definition) is 4. The lowest BCUT2D eigenvalue weighted by Crippen LogP contribution is -2.59. The van der Waals surface area contributed by atoms with Crippen LogP contribution < -0.4 is 16.6 Å². The molecular weight excluding hydrogens is 254 g/mol. The minimum Gasteiger partial charge on any atom is -0.480 e. The van der Waals surface area contributed by atoms with Crippen LogP contribution in [0, 0.1) is 0 Å². The van der Waals surface area contributed by atoms with E-state index in [0.717, 1.165) is 12.5 Å². The van der Waals surface area contributed by atoms with Gasteiger partial charge in [-0.1, -0.05) is 0 Å². The first-order valence-corrected chi connectivity index (χ1v) is 5.78. The van der Waals surface area contributed by atoms with Crippen LogP contribution in [0.25, 0.3) is 0 Å². The first-order chi connectivity index (χ1) is 8.91. The van der Waals surface area contributed by atoms with E-state index >= 15 is 0 Å². The molecule has 4 N–H and O–H groups in total. The molecule has 1 aromatic heterocycles. The highest BCUT2D eigenvalue weighted by Gasteiger charge is 2.45. The van der Waals surface area contributed by atoms with Crippen LogP contribution in [0.5, 0.6) is 0 Å². The molecule has 1 saturated carbocycles. The number of carbonyl (C=O) groups is 2. The van der Waals surface area contributed by atoms with E-state index in [1.165, 1.54) is 0 Å². The van der Waals surface area contributed by atoms with E-state index in [9.17, 15) is 19.2 Å². The molecule has 0 radical (unpaired) electrons. The Bertz CT molecular complexity index is 597. The third-order valence-corrected chi connectivity index (χ3v) is 3.16. The predicted octanol–water partition coefficient (Wildman–Crippen LogP) is -1.27. The molecule has 1 heterocycles. The molecule has 1 aliphatic carbocycles. The van der Waals surface area contributed by atoms with Crippen molar-refractivity contribution < 1.29 is 14.7 Å². The topological polar surface area (TPSA) is 132 Å². The van der Waals surface area contributed by atoms with Crippen molar-refractivity contribution in [2.75, 3.05) is 0 Å². The van der Waals surface area contributed by atoms with Crippen LogP contribution in [0.4, 0.5) is 0 Å². The molecular formula is C11H13N3O5. The summed E-state index contributed by atoms with van der Waals surface area (Å²) in [6, 6.07) is 1.09. The van der Waals surface area contributed by atoms with Crippen molar-refractivity contribution in [2.24, 2.45) is 0 Å². The van der Waals surface area contributed by atoms with Crippen molar-refractivity contribution in [3.05, 3.63) is 32.6 Å². The molecule has 0 spiro atoms. The number of aromatic nitrogens is 2. The Hall–Kier alpha value is -2.38. The van der Waals surface area contributed by atoms with E-state index in [1.54, 1.807) is 0 Å². The lowest BCUT2D eigenvalue weighted by Gasteiger charge is -2.38. The molecule has 2 rings (SSSR count). The molecule has 0 atom stereocenters. The van der Waals surface area contributed by atoms with Crippen LogP contribution in [0.1, 0.15) is 25.0 Å². The highest BCUT2D eigenvalue weighted by atomic mass is 16.4. The number of carboxylic acid groups (broad SMARTS) is 1. The molecule has 102 valence electrons. The number of amides is 1. The van der Waals surface area contributed by atoms with Crippen molar-refractivity contribution in [1.29, 1.82) is 0 Å². The zero-order chi connectivity index (χ0) is 14.0. The summed E-state index contributed by atoms with van der Waals surface area (Å²) in [7, 11) is 0. The van der Waals surface area contributed by atoms with Gasteiger partial charge < -0.3 is 15.4 Å². The molecule has 0 saturated heterocycles. The fourth-order valence-corrected chi connectivity index (χ4v) is 2.02. The van der Waals surface area contributed by atoms with Crippen molar-refractivity contribution in [1.82, 2.24) is 15.3 Å². The normalized spacial score (nSPS) is 16.4. The molecule has 0 unspecified atom stereocenters. The molecule has 19 heavy (non-hydrogen) atoms. The number of aromatic amines is 2. The van der Waals surface area contributed by atoms with E-state index in [4.69, 9.17) is 5.11 Å². The zero-order valence-electron chi connectivity index (χ0n) is 9.99. The molecule has 0 aromatic carbocycles. The van der Waals surface area contributed by atoms with Gasteiger partial charge in [-0.05, 0) is 19.3 Å². The van der Waals surface area contributed by atoms with Crippen LogP contribution in [-0.4, -0.2) is 32.5 Å².